The molecule has 4 N–H and O–H groups in total. The number of primary amides is 1. The molecule has 0 aliphatic rings. The van der Waals surface area contributed by atoms with Crippen molar-refractivity contribution < 1.29 is 15.0 Å². The van der Waals surface area contributed by atoms with Gasteiger partial charge in [-0.3, -0.25) is 9.80 Å². The number of benzene rings is 2. The van der Waals surface area contributed by atoms with E-state index in [2.05, 4.69) is 5.29 Å². The molecular formula is C16H17N3O4. The molecule has 0 bridgehead atoms. The first-order chi connectivity index (χ1) is 11.0. The van der Waals surface area contributed by atoms with Gasteiger partial charge in [0.05, 0.1) is 30.0 Å². The Kier molecular flexibility index (Phi) is 5.27. The maximum Gasteiger partial charge on any atom is 0.252 e. The summed E-state index contributed by atoms with van der Waals surface area (Å²) >= 11 is 0. The molecule has 0 aromatic heterocycles. The maximum atomic E-state index is 11.2. The van der Waals surface area contributed by atoms with E-state index in [4.69, 9.17) is 5.73 Å². The Morgan fingerprint density at radius 2 is 1.91 bits per heavy atom. The number of aromatic hydroxyl groups is 1. The van der Waals surface area contributed by atoms with Crippen LogP contribution < -0.4 is 5.73 Å². The zero-order valence-corrected chi connectivity index (χ0v) is 12.3. The van der Waals surface area contributed by atoms with Crippen LogP contribution in [0.4, 0.5) is 0 Å². The first-order valence-corrected chi connectivity index (χ1v) is 6.94. The first kappa shape index (κ1) is 16.4. The quantitative estimate of drug-likeness (QED) is 0.531. The Morgan fingerprint density at radius 3 is 2.52 bits per heavy atom. The van der Waals surface area contributed by atoms with E-state index in [1.807, 2.05) is 30.3 Å². The van der Waals surface area contributed by atoms with Gasteiger partial charge in [0, 0.05) is 0 Å². The van der Waals surface area contributed by atoms with Gasteiger partial charge < -0.3 is 15.9 Å². The van der Waals surface area contributed by atoms with Crippen LogP contribution in [0, 0.1) is 4.91 Å². The normalized spacial score (nSPS) is 11.7. The lowest BCUT2D eigenvalue weighted by Gasteiger charge is -2.20. The van der Waals surface area contributed by atoms with Crippen LogP contribution in [0.3, 0.4) is 0 Å². The van der Waals surface area contributed by atoms with Gasteiger partial charge >= 0.3 is 0 Å². The second-order valence-corrected chi connectivity index (χ2v) is 5.07. The fourth-order valence-corrected chi connectivity index (χ4v) is 2.18. The van der Waals surface area contributed by atoms with Crippen molar-refractivity contribution in [3.05, 3.63) is 70.1 Å². The number of nitrogens with two attached hydrogens (primary N) is 1. The molecule has 2 aromatic carbocycles. The van der Waals surface area contributed by atoms with E-state index in [1.165, 1.54) is 23.2 Å². The Labute approximate surface area is 132 Å². The number of carbonyl (C=O) groups excluding carboxylic acids is 1. The standard InChI is InChI=1S/C16H17N3O4/c17-16(22)13-8-12(6-7-14(13)20)15(21)10-19(18-23)9-11-4-2-1-3-5-11/h1-8,15,20-21H,9-10H2,(H2,17,22). The summed E-state index contributed by atoms with van der Waals surface area (Å²) in [4.78, 5) is 22.2. The van der Waals surface area contributed by atoms with Crippen LogP contribution in [0.15, 0.2) is 53.8 Å². The molecule has 0 fully saturated rings. The molecule has 1 atom stereocenters. The number of nitrogens with zero attached hydrogens (tertiary/aromatic N) is 2. The molecule has 0 heterocycles. The van der Waals surface area contributed by atoms with Gasteiger partial charge in [0.1, 0.15) is 5.75 Å². The van der Waals surface area contributed by atoms with Crippen LogP contribution in [0.25, 0.3) is 0 Å². The molecule has 23 heavy (non-hydrogen) atoms. The predicted octanol–water partition coefficient (Wildman–Crippen LogP) is 1.71. The highest BCUT2D eigenvalue weighted by atomic mass is 16.3. The number of phenols is 1. The summed E-state index contributed by atoms with van der Waals surface area (Å²) < 4.78 is 0. The van der Waals surface area contributed by atoms with Crippen molar-refractivity contribution in [2.24, 2.45) is 11.0 Å². The van der Waals surface area contributed by atoms with Crippen LogP contribution in [0.5, 0.6) is 5.75 Å². The highest BCUT2D eigenvalue weighted by Gasteiger charge is 2.17. The fraction of sp³-hybridized carbons (Fsp3) is 0.188. The number of hydrogen-bond donors (Lipinski definition) is 3. The van der Waals surface area contributed by atoms with E-state index in [9.17, 15) is 19.9 Å². The Morgan fingerprint density at radius 1 is 1.22 bits per heavy atom. The summed E-state index contributed by atoms with van der Waals surface area (Å²) in [7, 11) is 0. The van der Waals surface area contributed by atoms with E-state index in [1.54, 1.807) is 0 Å². The second kappa shape index (κ2) is 7.37. The van der Waals surface area contributed by atoms with Gasteiger partial charge in [-0.1, -0.05) is 36.4 Å². The van der Waals surface area contributed by atoms with Crippen LogP contribution in [0.1, 0.15) is 27.6 Å². The van der Waals surface area contributed by atoms with Gasteiger partial charge in [0.2, 0.25) is 0 Å². The molecule has 2 rings (SSSR count). The van der Waals surface area contributed by atoms with Crippen LogP contribution in [0.2, 0.25) is 0 Å². The lowest BCUT2D eigenvalue weighted by Crippen LogP contribution is -2.23. The fourth-order valence-electron chi connectivity index (χ4n) is 2.18. The number of amides is 1. The van der Waals surface area contributed by atoms with Crippen molar-refractivity contribution in [1.82, 2.24) is 5.01 Å². The smallest absolute Gasteiger partial charge is 0.252 e. The number of aliphatic hydroxyl groups is 1. The molecule has 0 radical (unpaired) electrons. The number of hydrogen-bond acceptors (Lipinski definition) is 5. The average Bonchev–Trinajstić information content (AvgIpc) is 2.55. The summed E-state index contributed by atoms with van der Waals surface area (Å²) in [5.41, 5.74) is 6.30. The predicted molar refractivity (Wildman–Crippen MR) is 84.2 cm³/mol. The summed E-state index contributed by atoms with van der Waals surface area (Å²) in [5.74, 6) is -1.06. The molecule has 2 aromatic rings. The summed E-state index contributed by atoms with van der Waals surface area (Å²) in [6, 6.07) is 13.3. The highest BCUT2D eigenvalue weighted by Crippen LogP contribution is 2.23. The molecule has 0 saturated carbocycles. The van der Waals surface area contributed by atoms with Gasteiger partial charge in [-0.05, 0) is 23.3 Å². The third kappa shape index (κ3) is 4.27. The summed E-state index contributed by atoms with van der Waals surface area (Å²) in [6.45, 7) is 0.198. The lowest BCUT2D eigenvalue weighted by atomic mass is 10.0. The molecule has 0 aliphatic carbocycles. The third-order valence-electron chi connectivity index (χ3n) is 3.38. The van der Waals surface area contributed by atoms with Crippen molar-refractivity contribution in [3.63, 3.8) is 0 Å². The molecule has 7 heteroatoms. The van der Waals surface area contributed by atoms with Crippen molar-refractivity contribution in [2.75, 3.05) is 6.54 Å². The van der Waals surface area contributed by atoms with Gasteiger partial charge in [-0.15, -0.1) is 4.91 Å². The minimum absolute atomic E-state index is 0.0542. The van der Waals surface area contributed by atoms with E-state index in [-0.39, 0.29) is 24.4 Å². The molecule has 1 amide bonds. The van der Waals surface area contributed by atoms with E-state index in [0.29, 0.717) is 5.56 Å². The van der Waals surface area contributed by atoms with Crippen molar-refractivity contribution in [1.29, 1.82) is 0 Å². The first-order valence-electron chi connectivity index (χ1n) is 6.94. The monoisotopic (exact) mass is 315 g/mol. The van der Waals surface area contributed by atoms with Gasteiger partial charge in [0.15, 0.2) is 0 Å². The number of rotatable bonds is 7. The van der Waals surface area contributed by atoms with E-state index < -0.39 is 12.0 Å². The molecule has 0 spiro atoms. The topological polar surface area (TPSA) is 116 Å². The molecule has 1 unspecified atom stereocenters. The van der Waals surface area contributed by atoms with Crippen molar-refractivity contribution in [3.8, 4) is 5.75 Å². The van der Waals surface area contributed by atoms with Gasteiger partial charge in [-0.25, -0.2) is 0 Å². The number of carbonyl (C=O) groups is 1. The van der Waals surface area contributed by atoms with Crippen molar-refractivity contribution >= 4 is 5.91 Å². The van der Waals surface area contributed by atoms with Gasteiger partial charge in [0.25, 0.3) is 5.91 Å². The SMILES string of the molecule is NC(=O)c1cc(C(O)CN(Cc2ccccc2)N=O)ccc1O. The minimum Gasteiger partial charge on any atom is -0.507 e. The zero-order valence-electron chi connectivity index (χ0n) is 12.3. The molecular weight excluding hydrogens is 298 g/mol. The lowest BCUT2D eigenvalue weighted by molar-refractivity contribution is 0.0995. The Hall–Kier alpha value is -2.93. The molecule has 7 nitrogen and oxygen atoms in total. The maximum absolute atomic E-state index is 11.2. The third-order valence-corrected chi connectivity index (χ3v) is 3.38. The van der Waals surface area contributed by atoms with Crippen molar-refractivity contribution in [2.45, 2.75) is 12.6 Å². The number of aliphatic hydroxyl groups excluding tert-OH is 1. The largest absolute Gasteiger partial charge is 0.507 e. The molecule has 0 aliphatic heterocycles. The Balaban J connectivity index is 2.10. The van der Waals surface area contributed by atoms with Gasteiger partial charge in [-0.2, -0.15) is 0 Å². The molecule has 0 saturated heterocycles. The van der Waals surface area contributed by atoms with Crippen LogP contribution in [-0.2, 0) is 6.54 Å². The Bertz CT molecular complexity index is 691. The summed E-state index contributed by atoms with van der Waals surface area (Å²) in [6.07, 6.45) is -1.06. The van der Waals surface area contributed by atoms with E-state index >= 15 is 0 Å². The zero-order chi connectivity index (χ0) is 16.8. The van der Waals surface area contributed by atoms with Crippen LogP contribution in [-0.4, -0.2) is 27.7 Å². The van der Waals surface area contributed by atoms with E-state index in [0.717, 1.165) is 5.56 Å². The highest BCUT2D eigenvalue weighted by molar-refractivity contribution is 5.95. The summed E-state index contributed by atoms with van der Waals surface area (Å²) in [5, 5.41) is 23.9. The minimum atomic E-state index is -1.06. The van der Waals surface area contributed by atoms with Crippen LogP contribution >= 0.6 is 0 Å². The number of nitroso groups, excluding NO2 is 1. The molecule has 120 valence electrons. The second-order valence-electron chi connectivity index (χ2n) is 5.07. The average molecular weight is 315 g/mol.